The maximum Gasteiger partial charge on any atom is 0.263 e. The minimum atomic E-state index is -0.471. The van der Waals surface area contributed by atoms with Gasteiger partial charge in [-0.15, -0.1) is 0 Å². The largest absolute Gasteiger partial charge is 0.481 e. The van der Waals surface area contributed by atoms with Crippen molar-refractivity contribution >= 4 is 5.91 Å². The molecule has 0 saturated carbocycles. The molecule has 4 nitrogen and oxygen atoms in total. The van der Waals surface area contributed by atoms with E-state index < -0.39 is 6.10 Å². The number of carbonyl (C=O) groups is 1. The van der Waals surface area contributed by atoms with Gasteiger partial charge < -0.3 is 9.64 Å². The SMILES string of the molecule is C[C@H](Oc1ccc(C(C)(C)C)cc1)C(=O)N1CCN(Cc2ccccc2)CC1. The van der Waals surface area contributed by atoms with E-state index in [1.54, 1.807) is 0 Å². The van der Waals surface area contributed by atoms with Crippen LogP contribution in [-0.2, 0) is 16.8 Å². The zero-order valence-electron chi connectivity index (χ0n) is 17.5. The molecule has 0 aliphatic carbocycles. The monoisotopic (exact) mass is 380 g/mol. The van der Waals surface area contributed by atoms with E-state index in [1.165, 1.54) is 11.1 Å². The molecule has 0 unspecified atom stereocenters. The number of hydrogen-bond acceptors (Lipinski definition) is 3. The van der Waals surface area contributed by atoms with Crippen molar-refractivity contribution in [3.05, 3.63) is 65.7 Å². The van der Waals surface area contributed by atoms with Crippen molar-refractivity contribution < 1.29 is 9.53 Å². The summed E-state index contributed by atoms with van der Waals surface area (Å²) in [6, 6.07) is 18.6. The van der Waals surface area contributed by atoms with Gasteiger partial charge in [0.2, 0.25) is 0 Å². The van der Waals surface area contributed by atoms with Gasteiger partial charge in [-0.25, -0.2) is 0 Å². The molecule has 4 heteroatoms. The first-order valence-corrected chi connectivity index (χ1v) is 10.2. The van der Waals surface area contributed by atoms with Gasteiger partial charge in [0.1, 0.15) is 5.75 Å². The summed E-state index contributed by atoms with van der Waals surface area (Å²) in [5, 5.41) is 0. The van der Waals surface area contributed by atoms with Gasteiger partial charge in [-0.05, 0) is 35.6 Å². The summed E-state index contributed by atoms with van der Waals surface area (Å²) in [6.45, 7) is 12.6. The normalized spacial score (nSPS) is 16.6. The minimum absolute atomic E-state index is 0.0688. The van der Waals surface area contributed by atoms with Crippen LogP contribution in [0, 0.1) is 0 Å². The van der Waals surface area contributed by atoms with Crippen molar-refractivity contribution in [2.45, 2.75) is 45.8 Å². The lowest BCUT2D eigenvalue weighted by atomic mass is 9.87. The van der Waals surface area contributed by atoms with E-state index in [1.807, 2.05) is 30.0 Å². The Morgan fingerprint density at radius 1 is 0.964 bits per heavy atom. The smallest absolute Gasteiger partial charge is 0.263 e. The van der Waals surface area contributed by atoms with Gasteiger partial charge in [-0.1, -0.05) is 63.2 Å². The molecule has 1 aliphatic rings. The van der Waals surface area contributed by atoms with Gasteiger partial charge in [0.05, 0.1) is 0 Å². The van der Waals surface area contributed by atoms with E-state index in [4.69, 9.17) is 4.74 Å². The molecule has 0 bridgehead atoms. The van der Waals surface area contributed by atoms with Crippen LogP contribution < -0.4 is 4.74 Å². The lowest BCUT2D eigenvalue weighted by Crippen LogP contribution is -2.51. The van der Waals surface area contributed by atoms with Gasteiger partial charge in [0, 0.05) is 32.7 Å². The summed E-state index contributed by atoms with van der Waals surface area (Å²) in [5.74, 6) is 0.816. The third-order valence-electron chi connectivity index (χ3n) is 5.31. The molecular weight excluding hydrogens is 348 g/mol. The van der Waals surface area contributed by atoms with Crippen LogP contribution in [0.4, 0.5) is 0 Å². The summed E-state index contributed by atoms with van der Waals surface area (Å²) in [7, 11) is 0. The Morgan fingerprint density at radius 3 is 2.14 bits per heavy atom. The zero-order chi connectivity index (χ0) is 20.1. The third kappa shape index (κ3) is 5.35. The summed E-state index contributed by atoms with van der Waals surface area (Å²) >= 11 is 0. The Hall–Kier alpha value is -2.33. The molecule has 1 aliphatic heterocycles. The van der Waals surface area contributed by atoms with Crippen LogP contribution >= 0.6 is 0 Å². The van der Waals surface area contributed by atoms with Gasteiger partial charge in [-0.2, -0.15) is 0 Å². The molecule has 1 saturated heterocycles. The standard InChI is InChI=1S/C24H32N2O2/c1-19(28-22-12-10-21(11-13-22)24(2,3)4)23(27)26-16-14-25(15-17-26)18-20-8-6-5-7-9-20/h5-13,19H,14-18H2,1-4H3/t19-/m0/s1. The summed E-state index contributed by atoms with van der Waals surface area (Å²) in [5.41, 5.74) is 2.69. The topological polar surface area (TPSA) is 32.8 Å². The first kappa shape index (κ1) is 20.4. The molecule has 1 atom stereocenters. The van der Waals surface area contributed by atoms with Crippen LogP contribution in [0.3, 0.4) is 0 Å². The number of amides is 1. The fraction of sp³-hybridized carbons (Fsp3) is 0.458. The Balaban J connectivity index is 1.49. The predicted molar refractivity (Wildman–Crippen MR) is 114 cm³/mol. The predicted octanol–water partition coefficient (Wildman–Crippen LogP) is 4.10. The Labute approximate surface area is 169 Å². The molecule has 2 aromatic carbocycles. The molecule has 0 radical (unpaired) electrons. The highest BCUT2D eigenvalue weighted by atomic mass is 16.5. The number of rotatable bonds is 5. The fourth-order valence-corrected chi connectivity index (χ4v) is 3.51. The van der Waals surface area contributed by atoms with E-state index in [-0.39, 0.29) is 11.3 Å². The molecule has 150 valence electrons. The summed E-state index contributed by atoms with van der Waals surface area (Å²) in [6.07, 6.45) is -0.471. The molecule has 1 amide bonds. The first-order chi connectivity index (χ1) is 13.3. The van der Waals surface area contributed by atoms with E-state index in [0.29, 0.717) is 0 Å². The highest BCUT2D eigenvalue weighted by Gasteiger charge is 2.26. The zero-order valence-corrected chi connectivity index (χ0v) is 17.5. The number of nitrogens with zero attached hydrogens (tertiary/aromatic N) is 2. The van der Waals surface area contributed by atoms with Crippen LogP contribution in [0.25, 0.3) is 0 Å². The second kappa shape index (κ2) is 8.78. The second-order valence-electron chi connectivity index (χ2n) is 8.62. The third-order valence-corrected chi connectivity index (χ3v) is 5.31. The summed E-state index contributed by atoms with van der Waals surface area (Å²) < 4.78 is 5.91. The second-order valence-corrected chi connectivity index (χ2v) is 8.62. The van der Waals surface area contributed by atoms with E-state index in [2.05, 4.69) is 62.1 Å². The lowest BCUT2D eigenvalue weighted by molar-refractivity contribution is -0.139. The highest BCUT2D eigenvalue weighted by molar-refractivity contribution is 5.81. The molecule has 2 aromatic rings. The van der Waals surface area contributed by atoms with Crippen molar-refractivity contribution in [1.82, 2.24) is 9.80 Å². The average Bonchev–Trinajstić information content (AvgIpc) is 2.68. The molecule has 3 rings (SSSR count). The average molecular weight is 381 g/mol. The molecule has 0 spiro atoms. The fourth-order valence-electron chi connectivity index (χ4n) is 3.51. The van der Waals surface area contributed by atoms with Crippen molar-refractivity contribution in [3.8, 4) is 5.75 Å². The van der Waals surface area contributed by atoms with E-state index in [9.17, 15) is 4.79 Å². The van der Waals surface area contributed by atoms with Crippen LogP contribution in [0.15, 0.2) is 54.6 Å². The molecule has 0 aromatic heterocycles. The summed E-state index contributed by atoms with van der Waals surface area (Å²) in [4.78, 5) is 17.1. The van der Waals surface area contributed by atoms with E-state index >= 15 is 0 Å². The van der Waals surface area contributed by atoms with Crippen molar-refractivity contribution in [3.63, 3.8) is 0 Å². The number of ether oxygens (including phenoxy) is 1. The van der Waals surface area contributed by atoms with E-state index in [0.717, 1.165) is 38.5 Å². The number of piperazine rings is 1. The van der Waals surface area contributed by atoms with Crippen molar-refractivity contribution in [2.75, 3.05) is 26.2 Å². The lowest BCUT2D eigenvalue weighted by Gasteiger charge is -2.36. The van der Waals surface area contributed by atoms with Gasteiger partial charge in [0.25, 0.3) is 5.91 Å². The molecule has 0 N–H and O–H groups in total. The van der Waals surface area contributed by atoms with Gasteiger partial charge in [-0.3, -0.25) is 9.69 Å². The van der Waals surface area contributed by atoms with Crippen molar-refractivity contribution in [1.29, 1.82) is 0 Å². The van der Waals surface area contributed by atoms with Gasteiger partial charge >= 0.3 is 0 Å². The minimum Gasteiger partial charge on any atom is -0.481 e. The molecular formula is C24H32N2O2. The van der Waals surface area contributed by atoms with Crippen LogP contribution in [0.1, 0.15) is 38.8 Å². The maximum atomic E-state index is 12.8. The van der Waals surface area contributed by atoms with Gasteiger partial charge in [0.15, 0.2) is 6.10 Å². The van der Waals surface area contributed by atoms with Crippen LogP contribution in [-0.4, -0.2) is 48.0 Å². The first-order valence-electron chi connectivity index (χ1n) is 10.2. The number of benzene rings is 2. The Morgan fingerprint density at radius 2 is 1.57 bits per heavy atom. The number of carbonyl (C=O) groups excluding carboxylic acids is 1. The van der Waals surface area contributed by atoms with Crippen LogP contribution in [0.2, 0.25) is 0 Å². The van der Waals surface area contributed by atoms with Crippen molar-refractivity contribution in [2.24, 2.45) is 0 Å². The quantitative estimate of drug-likeness (QED) is 0.783. The number of hydrogen-bond donors (Lipinski definition) is 0. The Kier molecular flexibility index (Phi) is 6.40. The highest BCUT2D eigenvalue weighted by Crippen LogP contribution is 2.25. The molecule has 1 fully saturated rings. The van der Waals surface area contributed by atoms with Crippen LogP contribution in [0.5, 0.6) is 5.75 Å². The Bertz CT molecular complexity index is 757. The molecule has 28 heavy (non-hydrogen) atoms. The maximum absolute atomic E-state index is 12.8. The molecule has 1 heterocycles.